The highest BCUT2D eigenvalue weighted by Crippen LogP contribution is 2.33. The third kappa shape index (κ3) is 5.64. The van der Waals surface area contributed by atoms with Gasteiger partial charge in [0.1, 0.15) is 0 Å². The number of hydrogen-bond acceptors (Lipinski definition) is 3. The van der Waals surface area contributed by atoms with Crippen molar-refractivity contribution in [3.63, 3.8) is 0 Å². The number of hydrogen-bond donors (Lipinski definition) is 1. The number of benzene rings is 3. The predicted octanol–water partition coefficient (Wildman–Crippen LogP) is 7.09. The topological polar surface area (TPSA) is 63.6 Å². The highest BCUT2D eigenvalue weighted by molar-refractivity contribution is 5.94. The van der Waals surface area contributed by atoms with Gasteiger partial charge in [0.15, 0.2) is 0 Å². The van der Waals surface area contributed by atoms with Gasteiger partial charge in [-0.3, -0.25) is 0 Å². The van der Waals surface area contributed by atoms with Crippen molar-refractivity contribution >= 4 is 11.9 Å². The van der Waals surface area contributed by atoms with Gasteiger partial charge in [-0.25, -0.2) is 9.59 Å². The van der Waals surface area contributed by atoms with E-state index in [1.807, 2.05) is 55.5 Å². The molecule has 4 nitrogen and oxygen atoms in total. The van der Waals surface area contributed by atoms with Crippen LogP contribution in [0.4, 0.5) is 0 Å². The summed E-state index contributed by atoms with van der Waals surface area (Å²) in [5.41, 5.74) is 4.29. The lowest BCUT2D eigenvalue weighted by Crippen LogP contribution is -2.18. The van der Waals surface area contributed by atoms with Crippen LogP contribution in [0.2, 0.25) is 0 Å². The van der Waals surface area contributed by atoms with Gasteiger partial charge in [-0.2, -0.15) is 0 Å². The van der Waals surface area contributed by atoms with E-state index in [1.165, 1.54) is 0 Å². The van der Waals surface area contributed by atoms with Crippen LogP contribution in [-0.4, -0.2) is 23.1 Å². The van der Waals surface area contributed by atoms with E-state index in [2.05, 4.69) is 13.8 Å². The first-order valence-corrected chi connectivity index (χ1v) is 11.2. The molecule has 3 aromatic carbocycles. The Morgan fingerprint density at radius 2 is 1.41 bits per heavy atom. The van der Waals surface area contributed by atoms with E-state index in [9.17, 15) is 14.7 Å². The van der Waals surface area contributed by atoms with Gasteiger partial charge in [0, 0.05) is 0 Å². The van der Waals surface area contributed by atoms with Crippen molar-refractivity contribution in [3.8, 4) is 22.3 Å². The summed E-state index contributed by atoms with van der Waals surface area (Å²) in [6, 6.07) is 22.1. The van der Waals surface area contributed by atoms with Crippen molar-refractivity contribution in [2.75, 3.05) is 0 Å². The van der Waals surface area contributed by atoms with Crippen LogP contribution in [0.15, 0.2) is 72.8 Å². The highest BCUT2D eigenvalue weighted by Gasteiger charge is 2.17. The van der Waals surface area contributed by atoms with Crippen molar-refractivity contribution in [3.05, 3.63) is 83.9 Å². The quantitative estimate of drug-likeness (QED) is 0.368. The maximum Gasteiger partial charge on any atom is 0.338 e. The molecule has 32 heavy (non-hydrogen) atoms. The van der Waals surface area contributed by atoms with E-state index in [4.69, 9.17) is 4.74 Å². The van der Waals surface area contributed by atoms with Gasteiger partial charge in [0.05, 0.1) is 17.2 Å². The number of carbonyl (C=O) groups is 2. The number of rotatable bonds is 9. The Morgan fingerprint density at radius 3 is 2.00 bits per heavy atom. The minimum atomic E-state index is -0.975. The summed E-state index contributed by atoms with van der Waals surface area (Å²) in [5.74, 6) is -0.756. The molecule has 0 aliphatic carbocycles. The summed E-state index contributed by atoms with van der Waals surface area (Å²) in [5, 5.41) is 9.46. The average molecular weight is 431 g/mol. The molecular formula is C28H30O4. The Morgan fingerprint density at radius 1 is 0.812 bits per heavy atom. The molecule has 0 aromatic heterocycles. The second kappa shape index (κ2) is 10.8. The average Bonchev–Trinajstić information content (AvgIpc) is 2.82. The summed E-state index contributed by atoms with van der Waals surface area (Å²) in [6.45, 7) is 6.25. The number of carboxylic acids is 1. The molecule has 1 N–H and O–H groups in total. The van der Waals surface area contributed by atoms with Crippen LogP contribution in [-0.2, 0) is 4.74 Å². The molecule has 166 valence electrons. The molecule has 0 bridgehead atoms. The summed E-state index contributed by atoms with van der Waals surface area (Å²) in [4.78, 5) is 24.1. The van der Waals surface area contributed by atoms with Gasteiger partial charge in [-0.1, -0.05) is 75.2 Å². The SMILES string of the molecule is CCC(CC)C[C@@H](C)OC(=O)c1ccc(-c2cc(C(=O)O)ccc2-c2ccccc2)cc1. The standard InChI is InChI=1S/C28H30O4/c1-4-20(5-2)17-19(3)32-28(31)23-13-11-22(12-14-23)26-18-24(27(29)30)15-16-25(26)21-9-7-6-8-10-21/h6-16,18-20H,4-5,17H2,1-3H3,(H,29,30)/t19-/m1/s1. The molecule has 3 aromatic rings. The lowest BCUT2D eigenvalue weighted by molar-refractivity contribution is 0.0285. The third-order valence-electron chi connectivity index (χ3n) is 5.91. The van der Waals surface area contributed by atoms with Crippen molar-refractivity contribution in [1.82, 2.24) is 0 Å². The van der Waals surface area contributed by atoms with Crippen LogP contribution in [0.3, 0.4) is 0 Å². The molecule has 0 fully saturated rings. The van der Waals surface area contributed by atoms with E-state index < -0.39 is 5.97 Å². The Kier molecular flexibility index (Phi) is 7.82. The minimum Gasteiger partial charge on any atom is -0.478 e. The minimum absolute atomic E-state index is 0.135. The van der Waals surface area contributed by atoms with Gasteiger partial charge >= 0.3 is 11.9 Å². The van der Waals surface area contributed by atoms with Gasteiger partial charge in [0.25, 0.3) is 0 Å². The lowest BCUT2D eigenvalue weighted by atomic mass is 9.92. The second-order valence-electron chi connectivity index (χ2n) is 8.14. The monoisotopic (exact) mass is 430 g/mol. The van der Waals surface area contributed by atoms with E-state index in [0.29, 0.717) is 11.5 Å². The zero-order valence-electron chi connectivity index (χ0n) is 18.9. The van der Waals surface area contributed by atoms with Crippen molar-refractivity contribution in [2.24, 2.45) is 5.92 Å². The Hall–Kier alpha value is -3.40. The molecule has 0 saturated carbocycles. The van der Waals surface area contributed by atoms with E-state index in [1.54, 1.807) is 24.3 Å². The van der Waals surface area contributed by atoms with Gasteiger partial charge in [-0.05, 0) is 65.8 Å². The molecular weight excluding hydrogens is 400 g/mol. The fourth-order valence-electron chi connectivity index (χ4n) is 3.96. The first kappa shape index (κ1) is 23.3. The Balaban J connectivity index is 1.86. The van der Waals surface area contributed by atoms with Crippen molar-refractivity contribution < 1.29 is 19.4 Å². The number of carbonyl (C=O) groups excluding carboxylic acids is 1. The lowest BCUT2D eigenvalue weighted by Gasteiger charge is -2.19. The first-order valence-electron chi connectivity index (χ1n) is 11.2. The normalized spacial score (nSPS) is 11.9. The van der Waals surface area contributed by atoms with Crippen LogP contribution in [0.1, 0.15) is 60.7 Å². The van der Waals surface area contributed by atoms with Crippen LogP contribution in [0.5, 0.6) is 0 Å². The molecule has 0 aliphatic rings. The molecule has 3 rings (SSSR count). The van der Waals surface area contributed by atoms with Gasteiger partial charge in [-0.15, -0.1) is 0 Å². The summed E-state index contributed by atoms with van der Waals surface area (Å²) in [6.07, 6.45) is 2.88. The third-order valence-corrected chi connectivity index (χ3v) is 5.91. The number of aromatic carboxylic acids is 1. The molecule has 1 atom stereocenters. The van der Waals surface area contributed by atoms with Gasteiger partial charge in [0.2, 0.25) is 0 Å². The number of ether oxygens (including phenoxy) is 1. The Labute approximate surface area is 189 Å². The Bertz CT molecular complexity index is 1050. The fraction of sp³-hybridized carbons (Fsp3) is 0.286. The van der Waals surface area contributed by atoms with Crippen LogP contribution in [0, 0.1) is 5.92 Å². The number of carboxylic acid groups (broad SMARTS) is 1. The molecule has 0 amide bonds. The molecule has 0 heterocycles. The van der Waals surface area contributed by atoms with Crippen molar-refractivity contribution in [1.29, 1.82) is 0 Å². The smallest absolute Gasteiger partial charge is 0.338 e. The summed E-state index contributed by atoms with van der Waals surface area (Å²) >= 11 is 0. The maximum absolute atomic E-state index is 12.6. The zero-order chi connectivity index (χ0) is 23.1. The van der Waals surface area contributed by atoms with E-state index in [-0.39, 0.29) is 17.6 Å². The van der Waals surface area contributed by atoms with E-state index in [0.717, 1.165) is 41.5 Å². The molecule has 0 aliphatic heterocycles. The fourth-order valence-corrected chi connectivity index (χ4v) is 3.96. The molecule has 0 unspecified atom stereocenters. The number of esters is 1. The maximum atomic E-state index is 12.6. The molecule has 0 radical (unpaired) electrons. The molecule has 4 heteroatoms. The molecule has 0 saturated heterocycles. The second-order valence-corrected chi connectivity index (χ2v) is 8.14. The summed E-state index contributed by atoms with van der Waals surface area (Å²) < 4.78 is 5.64. The summed E-state index contributed by atoms with van der Waals surface area (Å²) in [7, 11) is 0. The first-order chi connectivity index (χ1) is 15.4. The van der Waals surface area contributed by atoms with Crippen LogP contribution < -0.4 is 0 Å². The van der Waals surface area contributed by atoms with Crippen molar-refractivity contribution in [2.45, 2.75) is 46.1 Å². The van der Waals surface area contributed by atoms with Crippen LogP contribution in [0.25, 0.3) is 22.3 Å². The molecule has 0 spiro atoms. The predicted molar refractivity (Wildman–Crippen MR) is 128 cm³/mol. The van der Waals surface area contributed by atoms with Gasteiger partial charge < -0.3 is 9.84 Å². The largest absolute Gasteiger partial charge is 0.478 e. The van der Waals surface area contributed by atoms with E-state index >= 15 is 0 Å². The van der Waals surface area contributed by atoms with Crippen LogP contribution >= 0.6 is 0 Å². The zero-order valence-corrected chi connectivity index (χ0v) is 18.9. The highest BCUT2D eigenvalue weighted by atomic mass is 16.5.